The molecule has 0 fully saturated rings. The van der Waals surface area contributed by atoms with Gasteiger partial charge in [0.25, 0.3) is 6.43 Å². The van der Waals surface area contributed by atoms with Gasteiger partial charge < -0.3 is 0 Å². The van der Waals surface area contributed by atoms with Gasteiger partial charge >= 0.3 is 0 Å². The zero-order chi connectivity index (χ0) is 10.0. The number of alkyl halides is 2. The van der Waals surface area contributed by atoms with E-state index in [1.807, 2.05) is 0 Å². The highest BCUT2D eigenvalue weighted by Gasteiger charge is 2.16. The highest BCUT2D eigenvalue weighted by Crippen LogP contribution is 2.24. The van der Waals surface area contributed by atoms with Crippen LogP contribution in [0.2, 0.25) is 5.15 Å². The molecule has 0 unspecified atom stereocenters. The van der Waals surface area contributed by atoms with Crippen LogP contribution in [0, 0.1) is 18.3 Å². The quantitative estimate of drug-likeness (QED) is 0.657. The van der Waals surface area contributed by atoms with Crippen LogP contribution in [-0.2, 0) is 0 Å². The lowest BCUT2D eigenvalue weighted by Crippen LogP contribution is -1.97. The molecule has 0 amide bonds. The van der Waals surface area contributed by atoms with Gasteiger partial charge in [-0.25, -0.2) is 13.8 Å². The van der Waals surface area contributed by atoms with Crippen molar-refractivity contribution in [1.82, 2.24) is 4.98 Å². The number of nitriles is 1. The number of halogens is 3. The lowest BCUT2D eigenvalue weighted by atomic mass is 10.1. The standard InChI is InChI=1S/C8H5ClF2N2/c1-4-5(3-12)2-6(9)13-7(4)8(10)11/h2,8H,1H3. The van der Waals surface area contributed by atoms with E-state index in [9.17, 15) is 8.78 Å². The zero-order valence-electron chi connectivity index (χ0n) is 6.68. The summed E-state index contributed by atoms with van der Waals surface area (Å²) in [7, 11) is 0. The highest BCUT2D eigenvalue weighted by atomic mass is 35.5. The molecule has 0 aliphatic heterocycles. The molecule has 5 heteroatoms. The zero-order valence-corrected chi connectivity index (χ0v) is 7.44. The Kier molecular flexibility index (Phi) is 2.79. The average molecular weight is 203 g/mol. The molecule has 68 valence electrons. The van der Waals surface area contributed by atoms with Crippen LogP contribution < -0.4 is 0 Å². The lowest BCUT2D eigenvalue weighted by Gasteiger charge is -2.05. The summed E-state index contributed by atoms with van der Waals surface area (Å²) in [5, 5.41) is 8.48. The number of hydrogen-bond donors (Lipinski definition) is 0. The Labute approximate surface area is 78.8 Å². The van der Waals surface area contributed by atoms with Crippen molar-refractivity contribution in [2.24, 2.45) is 0 Å². The first kappa shape index (κ1) is 9.87. The van der Waals surface area contributed by atoms with E-state index in [1.54, 1.807) is 6.07 Å². The van der Waals surface area contributed by atoms with E-state index >= 15 is 0 Å². The minimum Gasteiger partial charge on any atom is -0.235 e. The molecule has 13 heavy (non-hydrogen) atoms. The Morgan fingerprint density at radius 2 is 2.23 bits per heavy atom. The molecule has 0 aromatic carbocycles. The summed E-state index contributed by atoms with van der Waals surface area (Å²) >= 11 is 5.45. The molecule has 0 saturated carbocycles. The van der Waals surface area contributed by atoms with Gasteiger partial charge in [0.2, 0.25) is 0 Å². The van der Waals surface area contributed by atoms with Crippen molar-refractivity contribution < 1.29 is 8.78 Å². The molecule has 0 bridgehead atoms. The van der Waals surface area contributed by atoms with Gasteiger partial charge in [0.15, 0.2) is 0 Å². The topological polar surface area (TPSA) is 36.7 Å². The Morgan fingerprint density at radius 1 is 1.62 bits per heavy atom. The van der Waals surface area contributed by atoms with E-state index < -0.39 is 12.1 Å². The number of nitrogens with zero attached hydrogens (tertiary/aromatic N) is 2. The summed E-state index contributed by atoms with van der Waals surface area (Å²) in [6, 6.07) is 3.04. The van der Waals surface area contributed by atoms with Gasteiger partial charge in [-0.3, -0.25) is 0 Å². The van der Waals surface area contributed by atoms with Gasteiger partial charge in [0, 0.05) is 0 Å². The van der Waals surface area contributed by atoms with Crippen LogP contribution in [-0.4, -0.2) is 4.98 Å². The third-order valence-electron chi connectivity index (χ3n) is 1.61. The molecular formula is C8H5ClF2N2. The maximum Gasteiger partial charge on any atom is 0.280 e. The van der Waals surface area contributed by atoms with Crippen molar-refractivity contribution in [1.29, 1.82) is 5.26 Å². The van der Waals surface area contributed by atoms with E-state index in [0.29, 0.717) is 0 Å². The van der Waals surface area contributed by atoms with Crippen molar-refractivity contribution in [2.45, 2.75) is 13.3 Å². The smallest absolute Gasteiger partial charge is 0.235 e. The first-order valence-electron chi connectivity index (χ1n) is 3.41. The fourth-order valence-electron chi connectivity index (χ4n) is 0.925. The highest BCUT2D eigenvalue weighted by molar-refractivity contribution is 6.29. The van der Waals surface area contributed by atoms with Gasteiger partial charge in [-0.05, 0) is 18.6 Å². The van der Waals surface area contributed by atoms with Gasteiger partial charge in [0.05, 0.1) is 11.6 Å². The van der Waals surface area contributed by atoms with Crippen molar-refractivity contribution in [3.8, 4) is 6.07 Å². The van der Waals surface area contributed by atoms with E-state index in [2.05, 4.69) is 4.98 Å². The summed E-state index contributed by atoms with van der Waals surface area (Å²) in [5.41, 5.74) is -0.110. The van der Waals surface area contributed by atoms with Crippen LogP contribution in [0.5, 0.6) is 0 Å². The van der Waals surface area contributed by atoms with Gasteiger partial charge in [-0.2, -0.15) is 5.26 Å². The summed E-state index contributed by atoms with van der Waals surface area (Å²) in [6.07, 6.45) is -2.70. The van der Waals surface area contributed by atoms with Crippen molar-refractivity contribution in [3.05, 3.63) is 28.0 Å². The molecule has 0 N–H and O–H groups in total. The van der Waals surface area contributed by atoms with E-state index in [4.69, 9.17) is 16.9 Å². The van der Waals surface area contributed by atoms with Gasteiger partial charge in [-0.1, -0.05) is 11.6 Å². The average Bonchev–Trinajstić information content (AvgIpc) is 2.08. The van der Waals surface area contributed by atoms with Gasteiger partial charge in [0.1, 0.15) is 10.8 Å². The molecule has 0 aliphatic carbocycles. The lowest BCUT2D eigenvalue weighted by molar-refractivity contribution is 0.145. The maximum absolute atomic E-state index is 12.3. The minimum atomic E-state index is -2.70. The van der Waals surface area contributed by atoms with E-state index in [0.717, 1.165) is 0 Å². The normalized spacial score (nSPS) is 10.2. The Morgan fingerprint density at radius 3 is 2.69 bits per heavy atom. The van der Waals surface area contributed by atoms with Crippen LogP contribution >= 0.6 is 11.6 Å². The van der Waals surface area contributed by atoms with Crippen molar-refractivity contribution in [3.63, 3.8) is 0 Å². The summed E-state index contributed by atoms with van der Waals surface area (Å²) < 4.78 is 24.6. The van der Waals surface area contributed by atoms with Gasteiger partial charge in [-0.15, -0.1) is 0 Å². The third-order valence-corrected chi connectivity index (χ3v) is 1.80. The molecule has 1 rings (SSSR count). The van der Waals surface area contributed by atoms with Crippen LogP contribution in [0.3, 0.4) is 0 Å². The Balaban J connectivity index is 3.38. The molecule has 1 aromatic heterocycles. The second kappa shape index (κ2) is 3.67. The molecule has 0 saturated heterocycles. The molecule has 0 radical (unpaired) electrons. The summed E-state index contributed by atoms with van der Waals surface area (Å²) in [4.78, 5) is 3.45. The number of hydrogen-bond acceptors (Lipinski definition) is 2. The molecule has 1 heterocycles. The second-order valence-corrected chi connectivity index (χ2v) is 2.80. The number of pyridine rings is 1. The van der Waals surface area contributed by atoms with Crippen molar-refractivity contribution in [2.75, 3.05) is 0 Å². The second-order valence-electron chi connectivity index (χ2n) is 2.42. The monoisotopic (exact) mass is 202 g/mol. The SMILES string of the molecule is Cc1c(C#N)cc(Cl)nc1C(F)F. The molecule has 0 aliphatic rings. The maximum atomic E-state index is 12.3. The van der Waals surface area contributed by atoms with Crippen LogP contribution in [0.15, 0.2) is 6.07 Å². The minimum absolute atomic E-state index is 0.0857. The van der Waals surface area contributed by atoms with Crippen LogP contribution in [0.4, 0.5) is 8.78 Å². The van der Waals surface area contributed by atoms with Crippen LogP contribution in [0.25, 0.3) is 0 Å². The van der Waals surface area contributed by atoms with E-state index in [1.165, 1.54) is 13.0 Å². The predicted octanol–water partition coefficient (Wildman–Crippen LogP) is 2.85. The van der Waals surface area contributed by atoms with Crippen molar-refractivity contribution >= 4 is 11.6 Å². The molecule has 2 nitrogen and oxygen atoms in total. The predicted molar refractivity (Wildman–Crippen MR) is 43.7 cm³/mol. The largest absolute Gasteiger partial charge is 0.280 e. The number of aromatic nitrogens is 1. The summed E-state index contributed by atoms with van der Waals surface area (Å²) in [6.45, 7) is 1.42. The Bertz CT molecular complexity index is 371. The van der Waals surface area contributed by atoms with Crippen LogP contribution in [0.1, 0.15) is 23.2 Å². The van der Waals surface area contributed by atoms with E-state index in [-0.39, 0.29) is 16.3 Å². The Hall–Kier alpha value is -1.21. The summed E-state index contributed by atoms with van der Waals surface area (Å²) in [5.74, 6) is 0. The first-order valence-corrected chi connectivity index (χ1v) is 3.79. The fourth-order valence-corrected chi connectivity index (χ4v) is 1.13. The first-order chi connectivity index (χ1) is 6.06. The third kappa shape index (κ3) is 1.93. The molecular weight excluding hydrogens is 198 g/mol. The fraction of sp³-hybridized carbons (Fsp3) is 0.250. The molecule has 0 spiro atoms. The molecule has 0 atom stereocenters. The molecule has 1 aromatic rings. The number of rotatable bonds is 1.